The molecule has 0 bridgehead atoms. The van der Waals surface area contributed by atoms with Crippen molar-refractivity contribution < 1.29 is 19.1 Å². The first-order valence-corrected chi connectivity index (χ1v) is 7.55. The van der Waals surface area contributed by atoms with E-state index in [0.717, 1.165) is 0 Å². The molecule has 7 heteroatoms. The number of rotatable bonds is 6. The SMILES string of the molecule is COC(=O)c1ccc(Cl)c(NC(=O)CN(CC(C)C)C(C)=O)c1. The van der Waals surface area contributed by atoms with Crippen LogP contribution in [0.5, 0.6) is 0 Å². The molecule has 0 saturated heterocycles. The largest absolute Gasteiger partial charge is 0.465 e. The van der Waals surface area contributed by atoms with E-state index in [1.807, 2.05) is 13.8 Å². The topological polar surface area (TPSA) is 75.7 Å². The zero-order valence-corrected chi connectivity index (χ0v) is 14.4. The zero-order chi connectivity index (χ0) is 17.6. The molecule has 0 radical (unpaired) electrons. The second-order valence-electron chi connectivity index (χ2n) is 5.53. The Morgan fingerprint density at radius 2 is 1.96 bits per heavy atom. The van der Waals surface area contributed by atoms with Gasteiger partial charge in [0.25, 0.3) is 0 Å². The predicted molar refractivity (Wildman–Crippen MR) is 88.5 cm³/mol. The number of hydrogen-bond acceptors (Lipinski definition) is 4. The van der Waals surface area contributed by atoms with Gasteiger partial charge in [-0.3, -0.25) is 9.59 Å². The molecular formula is C16H21ClN2O4. The highest BCUT2D eigenvalue weighted by Gasteiger charge is 2.16. The Bertz CT molecular complexity index is 602. The molecular weight excluding hydrogens is 320 g/mol. The van der Waals surface area contributed by atoms with Crippen molar-refractivity contribution >= 4 is 35.1 Å². The molecule has 1 N–H and O–H groups in total. The van der Waals surface area contributed by atoms with Gasteiger partial charge in [0.2, 0.25) is 11.8 Å². The van der Waals surface area contributed by atoms with Gasteiger partial charge in [-0.1, -0.05) is 25.4 Å². The fraction of sp³-hybridized carbons (Fsp3) is 0.438. The Kier molecular flexibility index (Phi) is 7.03. The number of carbonyl (C=O) groups excluding carboxylic acids is 3. The van der Waals surface area contributed by atoms with Crippen LogP contribution in [0.2, 0.25) is 5.02 Å². The van der Waals surface area contributed by atoms with Crippen LogP contribution in [0.3, 0.4) is 0 Å². The number of nitrogens with one attached hydrogen (secondary N) is 1. The number of hydrogen-bond donors (Lipinski definition) is 1. The first-order valence-electron chi connectivity index (χ1n) is 7.17. The van der Waals surface area contributed by atoms with Gasteiger partial charge in [-0.25, -0.2) is 4.79 Å². The minimum atomic E-state index is -0.526. The molecule has 0 fully saturated rings. The number of methoxy groups -OCH3 is 1. The molecule has 1 aromatic carbocycles. The second-order valence-corrected chi connectivity index (χ2v) is 5.93. The third-order valence-corrected chi connectivity index (χ3v) is 3.36. The van der Waals surface area contributed by atoms with Gasteiger partial charge in [0.1, 0.15) is 0 Å². The fourth-order valence-corrected chi connectivity index (χ4v) is 2.14. The number of nitrogens with zero attached hydrogens (tertiary/aromatic N) is 1. The highest BCUT2D eigenvalue weighted by molar-refractivity contribution is 6.33. The summed E-state index contributed by atoms with van der Waals surface area (Å²) in [6.45, 7) is 5.75. The summed E-state index contributed by atoms with van der Waals surface area (Å²) < 4.78 is 4.63. The van der Waals surface area contributed by atoms with Gasteiger partial charge >= 0.3 is 5.97 Å². The van der Waals surface area contributed by atoms with Gasteiger partial charge in [-0.15, -0.1) is 0 Å². The Labute approximate surface area is 140 Å². The van der Waals surface area contributed by atoms with Crippen LogP contribution in [-0.4, -0.2) is 42.9 Å². The molecule has 0 aliphatic heterocycles. The van der Waals surface area contributed by atoms with Gasteiger partial charge in [-0.05, 0) is 24.1 Å². The quantitative estimate of drug-likeness (QED) is 0.807. The number of esters is 1. The van der Waals surface area contributed by atoms with Crippen LogP contribution in [0.1, 0.15) is 31.1 Å². The molecule has 2 amide bonds. The second kappa shape index (κ2) is 8.53. The van der Waals surface area contributed by atoms with Crippen LogP contribution in [-0.2, 0) is 14.3 Å². The molecule has 0 unspecified atom stereocenters. The van der Waals surface area contributed by atoms with Gasteiger partial charge in [0, 0.05) is 13.5 Å². The van der Waals surface area contributed by atoms with Crippen LogP contribution >= 0.6 is 11.6 Å². The summed E-state index contributed by atoms with van der Waals surface area (Å²) in [5.74, 6) is -0.840. The van der Waals surface area contributed by atoms with E-state index in [9.17, 15) is 14.4 Å². The number of carbonyl (C=O) groups is 3. The molecule has 0 aromatic heterocycles. The minimum absolute atomic E-state index is 0.0771. The molecule has 0 saturated carbocycles. The number of benzene rings is 1. The van der Waals surface area contributed by atoms with Crippen LogP contribution < -0.4 is 5.32 Å². The molecule has 6 nitrogen and oxygen atoms in total. The molecule has 0 spiro atoms. The maximum absolute atomic E-state index is 12.1. The number of anilines is 1. The lowest BCUT2D eigenvalue weighted by molar-refractivity contribution is -0.133. The molecule has 23 heavy (non-hydrogen) atoms. The van der Waals surface area contributed by atoms with Crippen LogP contribution in [0.25, 0.3) is 0 Å². The van der Waals surface area contributed by atoms with Crippen molar-refractivity contribution in [1.82, 2.24) is 4.90 Å². The van der Waals surface area contributed by atoms with Crippen molar-refractivity contribution in [2.45, 2.75) is 20.8 Å². The molecule has 126 valence electrons. The lowest BCUT2D eigenvalue weighted by Crippen LogP contribution is -2.38. The van der Waals surface area contributed by atoms with Crippen molar-refractivity contribution in [1.29, 1.82) is 0 Å². The average molecular weight is 341 g/mol. The third-order valence-electron chi connectivity index (χ3n) is 3.03. The maximum atomic E-state index is 12.1. The lowest BCUT2D eigenvalue weighted by Gasteiger charge is -2.22. The first-order chi connectivity index (χ1) is 10.7. The lowest BCUT2D eigenvalue weighted by atomic mass is 10.2. The summed E-state index contributed by atoms with van der Waals surface area (Å²) in [6, 6.07) is 4.44. The highest BCUT2D eigenvalue weighted by Crippen LogP contribution is 2.23. The van der Waals surface area contributed by atoms with E-state index in [1.54, 1.807) is 0 Å². The van der Waals surface area contributed by atoms with Crippen molar-refractivity contribution in [3.05, 3.63) is 28.8 Å². The Morgan fingerprint density at radius 3 is 2.48 bits per heavy atom. The van der Waals surface area contributed by atoms with Crippen molar-refractivity contribution in [2.75, 3.05) is 25.5 Å². The molecule has 1 aromatic rings. The van der Waals surface area contributed by atoms with E-state index in [2.05, 4.69) is 10.1 Å². The molecule has 0 atom stereocenters. The van der Waals surface area contributed by atoms with Gasteiger partial charge in [-0.2, -0.15) is 0 Å². The summed E-state index contributed by atoms with van der Waals surface area (Å²) >= 11 is 6.02. The van der Waals surface area contributed by atoms with E-state index in [0.29, 0.717) is 17.3 Å². The smallest absolute Gasteiger partial charge is 0.337 e. The predicted octanol–water partition coefficient (Wildman–Crippen LogP) is 2.57. The zero-order valence-electron chi connectivity index (χ0n) is 13.7. The highest BCUT2D eigenvalue weighted by atomic mass is 35.5. The summed E-state index contributed by atoms with van der Waals surface area (Å²) in [5.41, 5.74) is 0.574. The van der Waals surface area contributed by atoms with E-state index in [-0.39, 0.29) is 29.8 Å². The van der Waals surface area contributed by atoms with Crippen LogP contribution in [0.15, 0.2) is 18.2 Å². The van der Waals surface area contributed by atoms with Crippen molar-refractivity contribution in [3.8, 4) is 0 Å². The Morgan fingerprint density at radius 1 is 1.30 bits per heavy atom. The van der Waals surface area contributed by atoms with E-state index < -0.39 is 5.97 Å². The Hall–Kier alpha value is -2.08. The molecule has 1 rings (SSSR count). The normalized spacial score (nSPS) is 10.3. The van der Waals surface area contributed by atoms with Gasteiger partial charge in [0.15, 0.2) is 0 Å². The summed E-state index contributed by atoms with van der Waals surface area (Å²) in [6.07, 6.45) is 0. The third kappa shape index (κ3) is 5.90. The van der Waals surface area contributed by atoms with Gasteiger partial charge in [0.05, 0.1) is 29.9 Å². The molecule has 0 heterocycles. The summed E-state index contributed by atoms with van der Waals surface area (Å²) in [5, 5.41) is 2.91. The maximum Gasteiger partial charge on any atom is 0.337 e. The summed E-state index contributed by atoms with van der Waals surface area (Å²) in [4.78, 5) is 36.7. The summed E-state index contributed by atoms with van der Waals surface area (Å²) in [7, 11) is 1.27. The Balaban J connectivity index is 2.83. The fourth-order valence-electron chi connectivity index (χ4n) is 1.97. The monoisotopic (exact) mass is 340 g/mol. The van der Waals surface area contributed by atoms with Crippen molar-refractivity contribution in [2.24, 2.45) is 5.92 Å². The molecule has 0 aliphatic rings. The van der Waals surface area contributed by atoms with Crippen LogP contribution in [0, 0.1) is 5.92 Å². The molecule has 0 aliphatic carbocycles. The number of amides is 2. The van der Waals surface area contributed by atoms with Gasteiger partial charge < -0.3 is 15.0 Å². The number of ether oxygens (including phenoxy) is 1. The average Bonchev–Trinajstić information content (AvgIpc) is 2.47. The van der Waals surface area contributed by atoms with Crippen LogP contribution in [0.4, 0.5) is 5.69 Å². The van der Waals surface area contributed by atoms with E-state index in [1.165, 1.54) is 37.1 Å². The minimum Gasteiger partial charge on any atom is -0.465 e. The van der Waals surface area contributed by atoms with Crippen molar-refractivity contribution in [3.63, 3.8) is 0 Å². The standard InChI is InChI=1S/C16H21ClN2O4/c1-10(2)8-19(11(3)20)9-15(21)18-14-7-12(16(22)23-4)5-6-13(14)17/h5-7,10H,8-9H2,1-4H3,(H,18,21). The first kappa shape index (κ1) is 19.0. The number of halogens is 1. The van der Waals surface area contributed by atoms with E-state index >= 15 is 0 Å². The van der Waals surface area contributed by atoms with E-state index in [4.69, 9.17) is 11.6 Å².